The molecule has 0 unspecified atom stereocenters. The summed E-state index contributed by atoms with van der Waals surface area (Å²) < 4.78 is 3.86. The molecular formula is C16H14BrIN4O. The SMILES string of the molecule is Cc1nn(CCC(=O)Nc2ccc(Br)c3cccnc23)cc1I. The molecule has 5 nitrogen and oxygen atoms in total. The Labute approximate surface area is 155 Å². The van der Waals surface area contributed by atoms with Crippen LogP contribution in [-0.2, 0) is 11.3 Å². The fraction of sp³-hybridized carbons (Fsp3) is 0.188. The van der Waals surface area contributed by atoms with Crippen molar-refractivity contribution in [3.05, 3.63) is 50.4 Å². The number of carbonyl (C=O) groups excluding carboxylic acids is 1. The minimum atomic E-state index is -0.0533. The molecule has 0 radical (unpaired) electrons. The van der Waals surface area contributed by atoms with Gasteiger partial charge in [0.05, 0.1) is 20.5 Å². The van der Waals surface area contributed by atoms with E-state index in [-0.39, 0.29) is 5.91 Å². The van der Waals surface area contributed by atoms with E-state index in [0.717, 1.165) is 30.3 Å². The Morgan fingerprint density at radius 2 is 2.22 bits per heavy atom. The van der Waals surface area contributed by atoms with Crippen molar-refractivity contribution in [2.24, 2.45) is 0 Å². The van der Waals surface area contributed by atoms with Crippen molar-refractivity contribution in [2.45, 2.75) is 19.9 Å². The summed E-state index contributed by atoms with van der Waals surface area (Å²) in [5.74, 6) is -0.0533. The molecule has 0 saturated carbocycles. The van der Waals surface area contributed by atoms with Gasteiger partial charge in [-0.3, -0.25) is 14.5 Å². The molecule has 0 saturated heterocycles. The molecule has 0 fully saturated rings. The summed E-state index contributed by atoms with van der Waals surface area (Å²) >= 11 is 5.74. The fourth-order valence-electron chi connectivity index (χ4n) is 2.28. The molecule has 1 amide bonds. The standard InChI is InChI=1S/C16H14BrIN4O/c1-10-13(18)9-22(21-10)8-6-15(23)20-14-5-4-12(17)11-3-2-7-19-16(11)14/h2-5,7,9H,6,8H2,1H3,(H,20,23). The van der Waals surface area contributed by atoms with Crippen LogP contribution in [0.2, 0.25) is 0 Å². The zero-order valence-electron chi connectivity index (χ0n) is 12.4. The van der Waals surface area contributed by atoms with E-state index in [1.165, 1.54) is 0 Å². The quantitative estimate of drug-likeness (QED) is 0.566. The highest BCUT2D eigenvalue weighted by Gasteiger charge is 2.10. The predicted molar refractivity (Wildman–Crippen MR) is 102 cm³/mol. The summed E-state index contributed by atoms with van der Waals surface area (Å²) in [5.41, 5.74) is 2.48. The van der Waals surface area contributed by atoms with Crippen LogP contribution < -0.4 is 5.32 Å². The van der Waals surface area contributed by atoms with Crippen LogP contribution in [0, 0.1) is 10.5 Å². The fourth-order valence-corrected chi connectivity index (χ4v) is 3.16. The number of fused-ring (bicyclic) bond motifs is 1. The first-order valence-electron chi connectivity index (χ1n) is 7.07. The van der Waals surface area contributed by atoms with E-state index < -0.39 is 0 Å². The van der Waals surface area contributed by atoms with Crippen LogP contribution in [0.15, 0.2) is 41.1 Å². The second-order valence-corrected chi connectivity index (χ2v) is 7.13. The number of aryl methyl sites for hydroxylation is 2. The van der Waals surface area contributed by atoms with E-state index in [4.69, 9.17) is 0 Å². The van der Waals surface area contributed by atoms with Gasteiger partial charge in [-0.2, -0.15) is 5.10 Å². The molecule has 0 aliphatic heterocycles. The Morgan fingerprint density at radius 1 is 1.39 bits per heavy atom. The lowest BCUT2D eigenvalue weighted by molar-refractivity contribution is -0.116. The van der Waals surface area contributed by atoms with Gasteiger partial charge in [0.2, 0.25) is 5.91 Å². The number of pyridine rings is 1. The topological polar surface area (TPSA) is 59.8 Å². The van der Waals surface area contributed by atoms with Crippen LogP contribution in [0.1, 0.15) is 12.1 Å². The Balaban J connectivity index is 1.72. The van der Waals surface area contributed by atoms with E-state index in [1.807, 2.05) is 37.4 Å². The van der Waals surface area contributed by atoms with Crippen molar-refractivity contribution >= 4 is 61.0 Å². The summed E-state index contributed by atoms with van der Waals surface area (Å²) in [4.78, 5) is 16.6. The summed E-state index contributed by atoms with van der Waals surface area (Å²) in [5, 5.41) is 8.27. The monoisotopic (exact) mass is 484 g/mol. The minimum absolute atomic E-state index is 0.0533. The summed E-state index contributed by atoms with van der Waals surface area (Å²) in [7, 11) is 0. The van der Waals surface area contributed by atoms with Crippen molar-refractivity contribution in [1.82, 2.24) is 14.8 Å². The van der Waals surface area contributed by atoms with Gasteiger partial charge in [0.1, 0.15) is 0 Å². The van der Waals surface area contributed by atoms with Crippen molar-refractivity contribution in [2.75, 3.05) is 5.32 Å². The van der Waals surface area contributed by atoms with Gasteiger partial charge in [-0.1, -0.05) is 22.0 Å². The minimum Gasteiger partial charge on any atom is -0.324 e. The molecule has 0 atom stereocenters. The maximum atomic E-state index is 12.2. The van der Waals surface area contributed by atoms with Gasteiger partial charge in [-0.25, -0.2) is 0 Å². The summed E-state index contributed by atoms with van der Waals surface area (Å²) in [6, 6.07) is 7.62. The first kappa shape index (κ1) is 16.4. The zero-order chi connectivity index (χ0) is 16.4. The van der Waals surface area contributed by atoms with E-state index in [1.54, 1.807) is 10.9 Å². The van der Waals surface area contributed by atoms with E-state index >= 15 is 0 Å². The van der Waals surface area contributed by atoms with E-state index in [9.17, 15) is 4.79 Å². The second-order valence-electron chi connectivity index (χ2n) is 5.12. The van der Waals surface area contributed by atoms with Gasteiger partial charge < -0.3 is 5.32 Å². The number of hydrogen-bond donors (Lipinski definition) is 1. The Bertz CT molecular complexity index is 858. The van der Waals surface area contributed by atoms with Crippen molar-refractivity contribution in [3.8, 4) is 0 Å². The average molecular weight is 485 g/mol. The van der Waals surface area contributed by atoms with Gasteiger partial charge in [-0.05, 0) is 47.7 Å². The molecule has 23 heavy (non-hydrogen) atoms. The van der Waals surface area contributed by atoms with Crippen molar-refractivity contribution < 1.29 is 4.79 Å². The first-order chi connectivity index (χ1) is 11.0. The molecular weight excluding hydrogens is 471 g/mol. The molecule has 0 aliphatic rings. The van der Waals surface area contributed by atoms with Gasteiger partial charge in [0.15, 0.2) is 0 Å². The Hall–Kier alpha value is -1.48. The molecule has 0 bridgehead atoms. The predicted octanol–water partition coefficient (Wildman–Crippen LogP) is 4.14. The highest BCUT2D eigenvalue weighted by Crippen LogP contribution is 2.28. The molecule has 1 aromatic carbocycles. The van der Waals surface area contributed by atoms with Gasteiger partial charge in [0, 0.05) is 35.2 Å². The molecule has 1 N–H and O–H groups in total. The molecule has 0 spiro atoms. The maximum absolute atomic E-state index is 12.2. The molecule has 3 rings (SSSR count). The van der Waals surface area contributed by atoms with Gasteiger partial charge in [-0.15, -0.1) is 0 Å². The number of benzene rings is 1. The number of amides is 1. The number of rotatable bonds is 4. The lowest BCUT2D eigenvalue weighted by atomic mass is 10.2. The second kappa shape index (κ2) is 6.96. The number of anilines is 1. The number of aromatic nitrogens is 3. The number of halogens is 2. The largest absolute Gasteiger partial charge is 0.324 e. The van der Waals surface area contributed by atoms with Crippen LogP contribution in [0.4, 0.5) is 5.69 Å². The number of nitrogens with one attached hydrogen (secondary N) is 1. The molecule has 7 heteroatoms. The van der Waals surface area contributed by atoms with Gasteiger partial charge in [0.25, 0.3) is 0 Å². The first-order valence-corrected chi connectivity index (χ1v) is 8.94. The number of nitrogens with zero attached hydrogens (tertiary/aromatic N) is 3. The maximum Gasteiger partial charge on any atom is 0.226 e. The zero-order valence-corrected chi connectivity index (χ0v) is 16.1. The third-order valence-electron chi connectivity index (χ3n) is 3.44. The number of carbonyl (C=O) groups is 1. The number of hydrogen-bond acceptors (Lipinski definition) is 3. The normalized spacial score (nSPS) is 10.9. The summed E-state index contributed by atoms with van der Waals surface area (Å²) in [6.07, 6.45) is 4.03. The lowest BCUT2D eigenvalue weighted by Gasteiger charge is -2.09. The van der Waals surface area contributed by atoms with Crippen LogP contribution in [0.5, 0.6) is 0 Å². The highest BCUT2D eigenvalue weighted by atomic mass is 127. The third-order valence-corrected chi connectivity index (χ3v) is 5.20. The van der Waals surface area contributed by atoms with E-state index in [0.29, 0.717) is 13.0 Å². The average Bonchev–Trinajstić information content (AvgIpc) is 2.87. The Kier molecular flexibility index (Phi) is 4.96. The Morgan fingerprint density at radius 3 is 2.96 bits per heavy atom. The smallest absolute Gasteiger partial charge is 0.226 e. The van der Waals surface area contributed by atoms with Crippen LogP contribution in [-0.4, -0.2) is 20.7 Å². The van der Waals surface area contributed by atoms with Gasteiger partial charge >= 0.3 is 0 Å². The van der Waals surface area contributed by atoms with Crippen molar-refractivity contribution in [1.29, 1.82) is 0 Å². The van der Waals surface area contributed by atoms with Crippen LogP contribution in [0.3, 0.4) is 0 Å². The lowest BCUT2D eigenvalue weighted by Crippen LogP contribution is -2.15. The van der Waals surface area contributed by atoms with Crippen LogP contribution >= 0.6 is 38.5 Å². The molecule has 2 heterocycles. The van der Waals surface area contributed by atoms with E-state index in [2.05, 4.69) is 53.9 Å². The van der Waals surface area contributed by atoms with Crippen LogP contribution in [0.25, 0.3) is 10.9 Å². The summed E-state index contributed by atoms with van der Waals surface area (Å²) in [6.45, 7) is 2.51. The highest BCUT2D eigenvalue weighted by molar-refractivity contribution is 14.1. The third kappa shape index (κ3) is 3.72. The van der Waals surface area contributed by atoms with Crippen molar-refractivity contribution in [3.63, 3.8) is 0 Å². The molecule has 0 aliphatic carbocycles. The molecule has 3 aromatic rings. The molecule has 118 valence electrons. The molecule has 2 aromatic heterocycles.